The van der Waals surface area contributed by atoms with Gasteiger partial charge in [0.2, 0.25) is 0 Å². The number of hydrogen-bond donors (Lipinski definition) is 1. The lowest BCUT2D eigenvalue weighted by Gasteiger charge is -2.10. The van der Waals surface area contributed by atoms with Crippen molar-refractivity contribution in [1.29, 1.82) is 0 Å². The van der Waals surface area contributed by atoms with Crippen molar-refractivity contribution in [3.63, 3.8) is 0 Å². The summed E-state index contributed by atoms with van der Waals surface area (Å²) in [6, 6.07) is 11.6. The number of carbonyl (C=O) groups excluding carboxylic acids is 2. The highest BCUT2D eigenvalue weighted by Gasteiger charge is 2.15. The maximum Gasteiger partial charge on any atom is 0.339 e. The van der Waals surface area contributed by atoms with Crippen molar-refractivity contribution in [2.45, 2.75) is 6.92 Å². The predicted molar refractivity (Wildman–Crippen MR) is 81.9 cm³/mol. The molecule has 0 atom stereocenters. The number of aryl methyl sites for hydroxylation is 1. The van der Waals surface area contributed by atoms with Crippen LogP contribution in [0, 0.1) is 6.92 Å². The van der Waals surface area contributed by atoms with E-state index in [1.54, 1.807) is 36.4 Å². The summed E-state index contributed by atoms with van der Waals surface area (Å²) in [6.07, 6.45) is 0. The Morgan fingerprint density at radius 1 is 1.10 bits per heavy atom. The number of hydrogen-bond acceptors (Lipinski definition) is 3. The Balaban J connectivity index is 2.28. The number of amides is 1. The summed E-state index contributed by atoms with van der Waals surface area (Å²) in [7, 11) is 1.30. The number of rotatable bonds is 3. The van der Waals surface area contributed by atoms with Crippen molar-refractivity contribution in [2.24, 2.45) is 0 Å². The van der Waals surface area contributed by atoms with Crippen LogP contribution in [0.15, 0.2) is 42.5 Å². The van der Waals surface area contributed by atoms with Gasteiger partial charge in [0.1, 0.15) is 0 Å². The maximum absolute atomic E-state index is 12.2. The van der Waals surface area contributed by atoms with Gasteiger partial charge in [-0.15, -0.1) is 0 Å². The first-order valence-electron chi connectivity index (χ1n) is 6.27. The second kappa shape index (κ2) is 6.41. The van der Waals surface area contributed by atoms with Crippen molar-refractivity contribution in [3.05, 3.63) is 64.2 Å². The molecule has 4 nitrogen and oxygen atoms in total. The van der Waals surface area contributed by atoms with Gasteiger partial charge < -0.3 is 10.1 Å². The van der Waals surface area contributed by atoms with E-state index in [1.807, 2.05) is 13.0 Å². The van der Waals surface area contributed by atoms with Gasteiger partial charge in [0.05, 0.1) is 18.4 Å². The van der Waals surface area contributed by atoms with Crippen molar-refractivity contribution >= 4 is 29.2 Å². The molecule has 0 unspecified atom stereocenters. The molecule has 0 aliphatic heterocycles. The fourth-order valence-corrected chi connectivity index (χ4v) is 1.97. The van der Waals surface area contributed by atoms with E-state index < -0.39 is 5.97 Å². The van der Waals surface area contributed by atoms with E-state index >= 15 is 0 Å². The van der Waals surface area contributed by atoms with Gasteiger partial charge >= 0.3 is 5.97 Å². The van der Waals surface area contributed by atoms with Crippen LogP contribution in [-0.2, 0) is 4.74 Å². The molecule has 0 saturated carbocycles. The Bertz CT molecular complexity index is 680. The molecule has 0 radical (unpaired) electrons. The van der Waals surface area contributed by atoms with E-state index in [9.17, 15) is 9.59 Å². The maximum atomic E-state index is 12.2. The van der Waals surface area contributed by atoms with Crippen LogP contribution in [0.5, 0.6) is 0 Å². The predicted octanol–water partition coefficient (Wildman–Crippen LogP) is 3.69. The molecule has 2 aromatic carbocycles. The summed E-state index contributed by atoms with van der Waals surface area (Å²) in [5.74, 6) is -0.814. The molecular formula is C16H14ClNO3. The van der Waals surface area contributed by atoms with Crippen LogP contribution in [0.1, 0.15) is 26.3 Å². The van der Waals surface area contributed by atoms with E-state index in [-0.39, 0.29) is 5.91 Å². The minimum Gasteiger partial charge on any atom is -0.465 e. The number of methoxy groups -OCH3 is 1. The van der Waals surface area contributed by atoms with Gasteiger partial charge in [0.25, 0.3) is 5.91 Å². The number of anilines is 1. The highest BCUT2D eigenvalue weighted by molar-refractivity contribution is 6.30. The fourth-order valence-electron chi connectivity index (χ4n) is 1.84. The number of ether oxygens (including phenoxy) is 1. The van der Waals surface area contributed by atoms with Crippen molar-refractivity contribution in [1.82, 2.24) is 0 Å². The van der Waals surface area contributed by atoms with Crippen LogP contribution < -0.4 is 5.32 Å². The smallest absolute Gasteiger partial charge is 0.339 e. The summed E-state index contributed by atoms with van der Waals surface area (Å²) in [4.78, 5) is 23.9. The molecule has 0 fully saturated rings. The molecule has 5 heteroatoms. The van der Waals surface area contributed by atoms with Crippen molar-refractivity contribution in [2.75, 3.05) is 12.4 Å². The Hall–Kier alpha value is -2.33. The number of carbonyl (C=O) groups is 2. The summed E-state index contributed by atoms with van der Waals surface area (Å²) >= 11 is 5.79. The summed E-state index contributed by atoms with van der Waals surface area (Å²) in [6.45, 7) is 1.86. The number of halogens is 1. The largest absolute Gasteiger partial charge is 0.465 e. The molecule has 0 aliphatic rings. The summed E-state index contributed by atoms with van der Waals surface area (Å²) < 4.78 is 4.73. The third-order valence-corrected chi connectivity index (χ3v) is 3.19. The summed E-state index contributed by atoms with van der Waals surface area (Å²) in [5, 5.41) is 3.26. The second-order valence-corrected chi connectivity index (χ2v) is 4.94. The van der Waals surface area contributed by atoms with E-state index in [4.69, 9.17) is 16.3 Å². The molecule has 108 valence electrons. The third-order valence-electron chi connectivity index (χ3n) is 2.93. The molecule has 0 saturated heterocycles. The van der Waals surface area contributed by atoms with Crippen molar-refractivity contribution in [3.8, 4) is 0 Å². The topological polar surface area (TPSA) is 55.4 Å². The SMILES string of the molecule is COC(=O)c1cc(C)ccc1NC(=O)c1ccc(Cl)cc1. The van der Waals surface area contributed by atoms with E-state index in [2.05, 4.69) is 5.32 Å². The lowest BCUT2D eigenvalue weighted by atomic mass is 10.1. The van der Waals surface area contributed by atoms with Gasteiger partial charge in [-0.3, -0.25) is 4.79 Å². The van der Waals surface area contributed by atoms with Crippen LogP contribution in [0.4, 0.5) is 5.69 Å². The molecule has 0 heterocycles. The first kappa shape index (κ1) is 15.1. The van der Waals surface area contributed by atoms with E-state index in [0.29, 0.717) is 21.8 Å². The zero-order chi connectivity index (χ0) is 15.4. The van der Waals surface area contributed by atoms with Crippen LogP contribution in [0.3, 0.4) is 0 Å². The minimum absolute atomic E-state index is 0.319. The lowest BCUT2D eigenvalue weighted by molar-refractivity contribution is 0.0602. The Labute approximate surface area is 127 Å². The van der Waals surface area contributed by atoms with E-state index in [1.165, 1.54) is 7.11 Å². The van der Waals surface area contributed by atoms with Crippen LogP contribution >= 0.6 is 11.6 Å². The second-order valence-electron chi connectivity index (χ2n) is 4.50. The average Bonchev–Trinajstić information content (AvgIpc) is 2.48. The molecule has 0 bridgehead atoms. The normalized spacial score (nSPS) is 10.0. The number of nitrogens with one attached hydrogen (secondary N) is 1. The minimum atomic E-state index is -0.495. The summed E-state index contributed by atoms with van der Waals surface area (Å²) in [5.41, 5.74) is 2.09. The molecular weight excluding hydrogens is 290 g/mol. The Morgan fingerprint density at radius 2 is 1.76 bits per heavy atom. The first-order valence-corrected chi connectivity index (χ1v) is 6.65. The highest BCUT2D eigenvalue weighted by atomic mass is 35.5. The first-order chi connectivity index (χ1) is 10.0. The fraction of sp³-hybridized carbons (Fsp3) is 0.125. The molecule has 0 aliphatic carbocycles. The monoisotopic (exact) mass is 303 g/mol. The number of esters is 1. The molecule has 1 amide bonds. The highest BCUT2D eigenvalue weighted by Crippen LogP contribution is 2.20. The molecule has 1 N–H and O–H groups in total. The zero-order valence-corrected chi connectivity index (χ0v) is 12.4. The van der Waals surface area contributed by atoms with Gasteiger partial charge in [-0.2, -0.15) is 0 Å². The van der Waals surface area contributed by atoms with Crippen molar-refractivity contribution < 1.29 is 14.3 Å². The average molecular weight is 304 g/mol. The van der Waals surface area contributed by atoms with Gasteiger partial charge in [0, 0.05) is 10.6 Å². The molecule has 21 heavy (non-hydrogen) atoms. The Morgan fingerprint density at radius 3 is 2.38 bits per heavy atom. The van der Waals surface area contributed by atoms with Crippen LogP contribution in [-0.4, -0.2) is 19.0 Å². The van der Waals surface area contributed by atoms with Gasteiger partial charge in [-0.05, 0) is 43.3 Å². The molecule has 0 aromatic heterocycles. The van der Waals surface area contributed by atoms with Gasteiger partial charge in [-0.25, -0.2) is 4.79 Å². The van der Waals surface area contributed by atoms with Crippen LogP contribution in [0.2, 0.25) is 5.02 Å². The van der Waals surface area contributed by atoms with Gasteiger partial charge in [-0.1, -0.05) is 23.2 Å². The molecule has 2 rings (SSSR count). The zero-order valence-electron chi connectivity index (χ0n) is 11.6. The molecule has 2 aromatic rings. The standard InChI is InChI=1S/C16H14ClNO3/c1-10-3-8-14(13(9-10)16(20)21-2)18-15(19)11-4-6-12(17)7-5-11/h3-9H,1-2H3,(H,18,19). The lowest BCUT2D eigenvalue weighted by Crippen LogP contribution is -2.15. The Kier molecular flexibility index (Phi) is 4.60. The quantitative estimate of drug-likeness (QED) is 0.880. The van der Waals surface area contributed by atoms with Gasteiger partial charge in [0.15, 0.2) is 0 Å². The number of benzene rings is 2. The van der Waals surface area contributed by atoms with Crippen LogP contribution in [0.25, 0.3) is 0 Å². The third kappa shape index (κ3) is 3.61. The van der Waals surface area contributed by atoms with E-state index in [0.717, 1.165) is 5.56 Å². The molecule has 0 spiro atoms.